The molecule has 1 aliphatic heterocycles. The average Bonchev–Trinajstić information content (AvgIpc) is 3.14. The van der Waals surface area contributed by atoms with Crippen molar-refractivity contribution in [2.24, 2.45) is 0 Å². The number of rotatable bonds is 10. The van der Waals surface area contributed by atoms with Gasteiger partial charge in [0.1, 0.15) is 4.90 Å². The predicted molar refractivity (Wildman–Crippen MR) is 187 cm³/mol. The van der Waals surface area contributed by atoms with Crippen molar-refractivity contribution >= 4 is 38.4 Å². The molecule has 1 fully saturated rings. The number of nitrogens with one attached hydrogen (secondary N) is 1. The fourth-order valence-corrected chi connectivity index (χ4v) is 8.16. The lowest BCUT2D eigenvalue weighted by molar-refractivity contribution is -0.255. The fraction of sp³-hybridized carbons (Fsp3) is 0.158. The van der Waals surface area contributed by atoms with E-state index < -0.39 is 22.4 Å². The first-order valence-corrected chi connectivity index (χ1v) is 18.0. The highest BCUT2D eigenvalue weighted by Gasteiger charge is 2.42. The Labute approximate surface area is 283 Å². The van der Waals surface area contributed by atoms with Gasteiger partial charge in [0.2, 0.25) is 0 Å². The lowest BCUT2D eigenvalue weighted by Crippen LogP contribution is -2.38. The van der Waals surface area contributed by atoms with Gasteiger partial charge in [-0.3, -0.25) is 9.71 Å². The summed E-state index contributed by atoms with van der Waals surface area (Å²) in [7, 11) is -3.97. The van der Waals surface area contributed by atoms with Gasteiger partial charge in [0.05, 0.1) is 29.4 Å². The van der Waals surface area contributed by atoms with E-state index in [0.29, 0.717) is 22.5 Å². The van der Waals surface area contributed by atoms with Gasteiger partial charge in [0, 0.05) is 40.7 Å². The van der Waals surface area contributed by atoms with Crippen LogP contribution in [0.2, 0.25) is 0 Å². The lowest BCUT2D eigenvalue weighted by Gasteiger charge is -2.43. The highest BCUT2D eigenvalue weighted by Crippen LogP contribution is 2.48. The standard InChI is InChI=1S/C38H33N3O5S2/c42-24-26-17-19-29(20-18-26)37-35(27-9-2-1-3-10-27)32(25-47-34-16-4-5-21-39-34)45-38(46-37)30-12-6-14-31(23-30)41-48(43,44)33-15-7-11-28-13-8-22-40-36(28)33/h1-23,32,35,37-38,41-42H,24-25H2/t32-,35-,37+,38?/m1/s1. The molecule has 0 bridgehead atoms. The summed E-state index contributed by atoms with van der Waals surface area (Å²) in [6, 6.07) is 39.6. The summed E-state index contributed by atoms with van der Waals surface area (Å²) in [6.45, 7) is -0.0550. The van der Waals surface area contributed by atoms with E-state index in [2.05, 4.69) is 26.8 Å². The van der Waals surface area contributed by atoms with E-state index >= 15 is 0 Å². The van der Waals surface area contributed by atoms with Crippen LogP contribution in [0.4, 0.5) is 5.69 Å². The van der Waals surface area contributed by atoms with Gasteiger partial charge >= 0.3 is 0 Å². The van der Waals surface area contributed by atoms with Crippen molar-refractivity contribution in [3.05, 3.63) is 162 Å². The van der Waals surface area contributed by atoms with Gasteiger partial charge in [-0.25, -0.2) is 13.4 Å². The number of pyridine rings is 2. The molecule has 242 valence electrons. The number of aromatic nitrogens is 2. The number of benzene rings is 4. The molecule has 0 saturated carbocycles. The topological polar surface area (TPSA) is 111 Å². The third-order valence-corrected chi connectivity index (χ3v) is 10.7. The molecular weight excluding hydrogens is 643 g/mol. The zero-order chi connectivity index (χ0) is 32.9. The second kappa shape index (κ2) is 14.3. The van der Waals surface area contributed by atoms with Gasteiger partial charge in [-0.1, -0.05) is 91.0 Å². The molecule has 0 radical (unpaired) electrons. The molecule has 10 heteroatoms. The first kappa shape index (κ1) is 32.0. The number of aliphatic hydroxyl groups is 1. The van der Waals surface area contributed by atoms with Gasteiger partial charge in [-0.15, -0.1) is 11.8 Å². The van der Waals surface area contributed by atoms with Crippen molar-refractivity contribution in [2.75, 3.05) is 10.5 Å². The van der Waals surface area contributed by atoms with E-state index in [-0.39, 0.29) is 23.5 Å². The van der Waals surface area contributed by atoms with E-state index in [9.17, 15) is 13.5 Å². The van der Waals surface area contributed by atoms with Crippen molar-refractivity contribution in [3.63, 3.8) is 0 Å². The number of hydrogen-bond acceptors (Lipinski definition) is 8. The minimum absolute atomic E-state index is 0.0550. The van der Waals surface area contributed by atoms with Crippen LogP contribution >= 0.6 is 11.8 Å². The summed E-state index contributed by atoms with van der Waals surface area (Å²) in [6.07, 6.45) is 1.85. The number of thioether (sulfide) groups is 1. The molecule has 7 rings (SSSR count). The van der Waals surface area contributed by atoms with Gasteiger partial charge in [0.25, 0.3) is 10.0 Å². The van der Waals surface area contributed by atoms with Crippen LogP contribution in [0.25, 0.3) is 10.9 Å². The molecule has 8 nitrogen and oxygen atoms in total. The molecule has 2 aromatic heterocycles. The minimum atomic E-state index is -3.97. The smallest absolute Gasteiger partial charge is 0.264 e. The quantitative estimate of drug-likeness (QED) is 0.143. The molecule has 1 saturated heterocycles. The summed E-state index contributed by atoms with van der Waals surface area (Å²) in [5, 5.41) is 11.3. The number of fused-ring (bicyclic) bond motifs is 1. The Kier molecular flexibility index (Phi) is 9.51. The Hall–Kier alpha value is -4.58. The Morgan fingerprint density at radius 1 is 0.729 bits per heavy atom. The van der Waals surface area contributed by atoms with Crippen LogP contribution in [0.3, 0.4) is 0 Å². The van der Waals surface area contributed by atoms with Crippen LogP contribution in [0, 0.1) is 0 Å². The summed E-state index contributed by atoms with van der Waals surface area (Å²) in [4.78, 5) is 8.93. The third-order valence-electron chi connectivity index (χ3n) is 8.30. The van der Waals surface area contributed by atoms with Crippen LogP contribution in [0.15, 0.2) is 150 Å². The van der Waals surface area contributed by atoms with Crippen molar-refractivity contribution in [2.45, 2.75) is 40.9 Å². The molecule has 1 aliphatic rings. The first-order valence-electron chi connectivity index (χ1n) is 15.5. The summed E-state index contributed by atoms with van der Waals surface area (Å²) in [5.41, 5.74) is 4.27. The highest BCUT2D eigenvalue weighted by molar-refractivity contribution is 7.99. The minimum Gasteiger partial charge on any atom is -0.392 e. The van der Waals surface area contributed by atoms with E-state index in [0.717, 1.165) is 27.1 Å². The number of aliphatic hydroxyl groups excluding tert-OH is 1. The Balaban J connectivity index is 1.23. The zero-order valence-corrected chi connectivity index (χ0v) is 27.4. The number of nitrogens with zero attached hydrogens (tertiary/aromatic N) is 2. The monoisotopic (exact) mass is 675 g/mol. The van der Waals surface area contributed by atoms with Crippen molar-refractivity contribution in [1.82, 2.24) is 9.97 Å². The van der Waals surface area contributed by atoms with Crippen molar-refractivity contribution < 1.29 is 23.0 Å². The molecule has 6 aromatic rings. The van der Waals surface area contributed by atoms with Crippen LogP contribution in [0.1, 0.15) is 40.6 Å². The van der Waals surface area contributed by atoms with E-state index in [1.807, 2.05) is 78.9 Å². The van der Waals surface area contributed by atoms with Crippen LogP contribution in [0.5, 0.6) is 0 Å². The molecule has 0 spiro atoms. The molecule has 2 N–H and O–H groups in total. The summed E-state index contributed by atoms with van der Waals surface area (Å²) >= 11 is 1.61. The second-order valence-corrected chi connectivity index (χ2v) is 14.1. The molecular formula is C38H33N3O5S2. The number of sulfonamides is 1. The van der Waals surface area contributed by atoms with Crippen molar-refractivity contribution in [3.8, 4) is 0 Å². The average molecular weight is 676 g/mol. The van der Waals surface area contributed by atoms with E-state index in [1.54, 1.807) is 60.6 Å². The molecule has 1 unspecified atom stereocenters. The predicted octanol–water partition coefficient (Wildman–Crippen LogP) is 7.65. The Morgan fingerprint density at radius 2 is 1.48 bits per heavy atom. The highest BCUT2D eigenvalue weighted by atomic mass is 32.2. The van der Waals surface area contributed by atoms with Crippen LogP contribution in [-0.2, 0) is 26.1 Å². The van der Waals surface area contributed by atoms with Gasteiger partial charge < -0.3 is 14.6 Å². The first-order chi connectivity index (χ1) is 23.5. The van der Waals surface area contributed by atoms with E-state index in [1.165, 1.54) is 0 Å². The summed E-state index contributed by atoms with van der Waals surface area (Å²) < 4.78 is 43.6. The third kappa shape index (κ3) is 6.99. The summed E-state index contributed by atoms with van der Waals surface area (Å²) in [5.74, 6) is 0.432. The second-order valence-electron chi connectivity index (χ2n) is 11.4. The Morgan fingerprint density at radius 3 is 2.27 bits per heavy atom. The SMILES string of the molecule is O=S(=O)(Nc1cccc(C2O[C@H](CSc3ccccn3)[C@@H](c3ccccc3)[C@H](c3ccc(CO)cc3)O2)c1)c1cccc2cccnc12. The van der Waals surface area contributed by atoms with E-state index in [4.69, 9.17) is 9.47 Å². The lowest BCUT2D eigenvalue weighted by atomic mass is 9.84. The number of para-hydroxylation sites is 1. The largest absolute Gasteiger partial charge is 0.392 e. The van der Waals surface area contributed by atoms with Crippen molar-refractivity contribution in [1.29, 1.82) is 0 Å². The maximum atomic E-state index is 13.6. The van der Waals surface area contributed by atoms with Gasteiger partial charge in [0.15, 0.2) is 6.29 Å². The number of anilines is 1. The van der Waals surface area contributed by atoms with Crippen LogP contribution in [-0.4, -0.2) is 35.3 Å². The molecule has 48 heavy (non-hydrogen) atoms. The van der Waals surface area contributed by atoms with Gasteiger partial charge in [-0.2, -0.15) is 0 Å². The molecule has 4 aromatic carbocycles. The fourth-order valence-electron chi connectivity index (χ4n) is 6.00. The number of hydrogen-bond donors (Lipinski definition) is 2. The maximum absolute atomic E-state index is 13.6. The van der Waals surface area contributed by atoms with Crippen LogP contribution < -0.4 is 4.72 Å². The molecule has 0 amide bonds. The molecule has 4 atom stereocenters. The normalized spacial score (nSPS) is 19.6. The molecule has 0 aliphatic carbocycles. The molecule has 3 heterocycles. The zero-order valence-electron chi connectivity index (χ0n) is 25.8. The Bertz CT molecular complexity index is 2090. The number of ether oxygens (including phenoxy) is 2. The maximum Gasteiger partial charge on any atom is 0.264 e. The van der Waals surface area contributed by atoms with Gasteiger partial charge in [-0.05, 0) is 53.1 Å².